The molecule has 0 aliphatic carbocycles. The van der Waals surface area contributed by atoms with Gasteiger partial charge >= 0.3 is 0 Å². The average Bonchev–Trinajstić information content (AvgIpc) is 3.07. The third-order valence-corrected chi connectivity index (χ3v) is 5.96. The highest BCUT2D eigenvalue weighted by Gasteiger charge is 2.14. The van der Waals surface area contributed by atoms with E-state index in [9.17, 15) is 0 Å². The molecule has 7 heteroatoms. The number of aryl methyl sites for hydroxylation is 2. The molecule has 158 valence electrons. The molecule has 0 unspecified atom stereocenters. The number of guanidine groups is 1. The lowest BCUT2D eigenvalue weighted by Crippen LogP contribution is -2.36. The Bertz CT molecular complexity index is 780. The molecule has 0 amide bonds. The molecule has 0 atom stereocenters. The number of nitrogens with one attached hydrogen (secondary N) is 2. The van der Waals surface area contributed by atoms with Crippen molar-refractivity contribution < 1.29 is 9.47 Å². The summed E-state index contributed by atoms with van der Waals surface area (Å²) in [5, 5.41) is 7.77. The Morgan fingerprint density at radius 3 is 2.76 bits per heavy atom. The summed E-state index contributed by atoms with van der Waals surface area (Å²) in [6.45, 7) is 10.6. The average molecular weight is 417 g/mol. The Morgan fingerprint density at radius 1 is 1.24 bits per heavy atom. The Labute approximate surface area is 177 Å². The fraction of sp³-hybridized carbons (Fsp3) is 0.545. The lowest BCUT2D eigenvalue weighted by atomic mass is 10.1. The highest BCUT2D eigenvalue weighted by Crippen LogP contribution is 2.16. The van der Waals surface area contributed by atoms with Gasteiger partial charge in [0.1, 0.15) is 5.01 Å². The number of thiazole rings is 1. The molecular weight excluding hydrogens is 384 g/mol. The zero-order valence-electron chi connectivity index (χ0n) is 17.7. The second kappa shape index (κ2) is 11.3. The lowest BCUT2D eigenvalue weighted by molar-refractivity contribution is -0.0390. The van der Waals surface area contributed by atoms with E-state index in [1.807, 2.05) is 6.92 Å². The van der Waals surface area contributed by atoms with Crippen molar-refractivity contribution in [3.63, 3.8) is 0 Å². The van der Waals surface area contributed by atoms with Gasteiger partial charge in [0, 0.05) is 24.6 Å². The van der Waals surface area contributed by atoms with Crippen molar-refractivity contribution in [2.75, 3.05) is 19.8 Å². The van der Waals surface area contributed by atoms with Gasteiger partial charge in [-0.3, -0.25) is 0 Å². The molecule has 3 rings (SSSR count). The normalized spacial score (nSPS) is 15.5. The van der Waals surface area contributed by atoms with Gasteiger partial charge in [-0.15, -0.1) is 11.3 Å². The van der Waals surface area contributed by atoms with Gasteiger partial charge in [-0.05, 0) is 44.7 Å². The highest BCUT2D eigenvalue weighted by molar-refractivity contribution is 7.11. The van der Waals surface area contributed by atoms with Gasteiger partial charge in [0.05, 0.1) is 31.5 Å². The van der Waals surface area contributed by atoms with E-state index in [1.54, 1.807) is 11.3 Å². The quantitative estimate of drug-likeness (QED) is 0.507. The van der Waals surface area contributed by atoms with Crippen LogP contribution in [0, 0.1) is 13.8 Å². The fourth-order valence-corrected chi connectivity index (χ4v) is 4.03. The molecule has 29 heavy (non-hydrogen) atoms. The van der Waals surface area contributed by atoms with Crippen LogP contribution < -0.4 is 10.6 Å². The van der Waals surface area contributed by atoms with Crippen LogP contribution in [0.5, 0.6) is 0 Å². The molecule has 2 aromatic rings. The van der Waals surface area contributed by atoms with Crippen LogP contribution in [0.1, 0.15) is 46.5 Å². The molecule has 1 aromatic heterocycles. The van der Waals surface area contributed by atoms with Crippen LogP contribution in [0.3, 0.4) is 0 Å². The van der Waals surface area contributed by atoms with Crippen molar-refractivity contribution in [2.24, 2.45) is 4.99 Å². The summed E-state index contributed by atoms with van der Waals surface area (Å²) < 4.78 is 11.4. The van der Waals surface area contributed by atoms with Gasteiger partial charge in [0.2, 0.25) is 0 Å². The lowest BCUT2D eigenvalue weighted by Gasteiger charge is -2.22. The van der Waals surface area contributed by atoms with E-state index in [2.05, 4.69) is 53.7 Å². The molecular formula is C22H32N4O2S. The van der Waals surface area contributed by atoms with E-state index in [-0.39, 0.29) is 0 Å². The van der Waals surface area contributed by atoms with Gasteiger partial charge in [0.25, 0.3) is 0 Å². The predicted molar refractivity (Wildman–Crippen MR) is 118 cm³/mol. The fourth-order valence-electron chi connectivity index (χ4n) is 3.16. The first-order valence-electron chi connectivity index (χ1n) is 10.4. The van der Waals surface area contributed by atoms with Crippen LogP contribution in [0.4, 0.5) is 0 Å². The molecule has 2 heterocycles. The molecule has 0 saturated carbocycles. The summed E-state index contributed by atoms with van der Waals surface area (Å²) in [5.41, 5.74) is 3.47. The molecule has 1 aliphatic heterocycles. The highest BCUT2D eigenvalue weighted by atomic mass is 32.1. The summed E-state index contributed by atoms with van der Waals surface area (Å²) in [4.78, 5) is 10.6. The van der Waals surface area contributed by atoms with Crippen molar-refractivity contribution in [3.05, 3.63) is 51.0 Å². The van der Waals surface area contributed by atoms with E-state index < -0.39 is 0 Å². The van der Waals surface area contributed by atoms with Crippen molar-refractivity contribution in [3.8, 4) is 0 Å². The summed E-state index contributed by atoms with van der Waals surface area (Å²) in [7, 11) is 0. The second-order valence-electron chi connectivity index (χ2n) is 7.24. The van der Waals surface area contributed by atoms with E-state index in [0.717, 1.165) is 49.3 Å². The van der Waals surface area contributed by atoms with E-state index in [0.29, 0.717) is 25.8 Å². The molecule has 0 spiro atoms. The number of hydrogen-bond donors (Lipinski definition) is 2. The molecule has 1 fully saturated rings. The van der Waals surface area contributed by atoms with Crippen LogP contribution in [0.2, 0.25) is 0 Å². The number of ether oxygens (including phenoxy) is 2. The number of aliphatic imine (C=N–C) groups is 1. The molecule has 0 radical (unpaired) electrons. The number of rotatable bonds is 8. The van der Waals surface area contributed by atoms with Crippen LogP contribution in [-0.4, -0.2) is 36.8 Å². The first kappa shape index (κ1) is 21.7. The summed E-state index contributed by atoms with van der Waals surface area (Å²) in [6, 6.07) is 8.48. The Balaban J connectivity index is 1.53. The first-order chi connectivity index (χ1) is 14.1. The van der Waals surface area contributed by atoms with Crippen molar-refractivity contribution in [2.45, 2.75) is 59.4 Å². The molecule has 0 bridgehead atoms. The third-order valence-electron chi connectivity index (χ3n) is 4.89. The minimum absolute atomic E-state index is 0.313. The standard InChI is InChI=1S/C22H32N4O2S/c1-4-23-22(25-14-21-26-16(2)17(3)29-21)24-13-18-6-5-7-19(12-18)15-28-20-8-10-27-11-9-20/h5-7,12,20H,4,8-11,13-15H2,1-3H3,(H2,23,24,25). The third kappa shape index (κ3) is 7.10. The minimum Gasteiger partial charge on any atom is -0.381 e. The number of hydrogen-bond acceptors (Lipinski definition) is 5. The predicted octanol–water partition coefficient (Wildman–Crippen LogP) is 3.71. The van der Waals surface area contributed by atoms with Gasteiger partial charge in [-0.2, -0.15) is 0 Å². The Kier molecular flexibility index (Phi) is 8.46. The van der Waals surface area contributed by atoms with Gasteiger partial charge < -0.3 is 20.1 Å². The Hall–Kier alpha value is -1.96. The van der Waals surface area contributed by atoms with Crippen LogP contribution in [-0.2, 0) is 29.2 Å². The summed E-state index contributed by atoms with van der Waals surface area (Å²) in [5.74, 6) is 0.807. The van der Waals surface area contributed by atoms with E-state index in [4.69, 9.17) is 14.5 Å². The van der Waals surface area contributed by atoms with Gasteiger partial charge in [0.15, 0.2) is 5.96 Å². The molecule has 2 N–H and O–H groups in total. The largest absolute Gasteiger partial charge is 0.381 e. The second-order valence-corrected chi connectivity index (χ2v) is 8.53. The molecule has 1 saturated heterocycles. The molecule has 1 aliphatic rings. The number of aromatic nitrogens is 1. The van der Waals surface area contributed by atoms with Gasteiger partial charge in [-0.25, -0.2) is 9.98 Å². The zero-order valence-corrected chi connectivity index (χ0v) is 18.5. The summed E-state index contributed by atoms with van der Waals surface area (Å²) >= 11 is 1.73. The molecule has 1 aromatic carbocycles. The number of nitrogens with zero attached hydrogens (tertiary/aromatic N) is 2. The molecule has 6 nitrogen and oxygen atoms in total. The van der Waals surface area contributed by atoms with Gasteiger partial charge in [-0.1, -0.05) is 24.3 Å². The maximum Gasteiger partial charge on any atom is 0.191 e. The Morgan fingerprint density at radius 2 is 2.03 bits per heavy atom. The maximum absolute atomic E-state index is 6.04. The SMILES string of the molecule is CCNC(=NCc1cccc(COC2CCOCC2)c1)NCc1nc(C)c(C)s1. The van der Waals surface area contributed by atoms with Crippen molar-refractivity contribution >= 4 is 17.3 Å². The smallest absolute Gasteiger partial charge is 0.191 e. The minimum atomic E-state index is 0.313. The zero-order chi connectivity index (χ0) is 20.5. The van der Waals surface area contributed by atoms with Crippen molar-refractivity contribution in [1.29, 1.82) is 0 Å². The monoisotopic (exact) mass is 416 g/mol. The topological polar surface area (TPSA) is 67.8 Å². The van der Waals surface area contributed by atoms with Crippen LogP contribution in [0.15, 0.2) is 29.3 Å². The van der Waals surface area contributed by atoms with Crippen molar-refractivity contribution in [1.82, 2.24) is 15.6 Å². The van der Waals surface area contributed by atoms with Crippen LogP contribution >= 0.6 is 11.3 Å². The van der Waals surface area contributed by atoms with Crippen LogP contribution in [0.25, 0.3) is 0 Å². The van der Waals surface area contributed by atoms with E-state index in [1.165, 1.54) is 16.0 Å². The van der Waals surface area contributed by atoms with E-state index >= 15 is 0 Å². The first-order valence-corrected chi connectivity index (χ1v) is 11.2. The number of benzene rings is 1. The summed E-state index contributed by atoms with van der Waals surface area (Å²) in [6.07, 6.45) is 2.28. The maximum atomic E-state index is 6.04.